The molecule has 6 heteroatoms. The molecule has 1 N–H and O–H groups in total. The summed E-state index contributed by atoms with van der Waals surface area (Å²) in [6.07, 6.45) is 4.58. The minimum Gasteiger partial charge on any atom is -0.305 e. The van der Waals surface area contributed by atoms with E-state index in [9.17, 15) is 4.79 Å². The molecule has 2 heterocycles. The van der Waals surface area contributed by atoms with Gasteiger partial charge in [-0.25, -0.2) is 4.98 Å². The van der Waals surface area contributed by atoms with Crippen LogP contribution >= 0.6 is 27.3 Å². The lowest BCUT2D eigenvalue weighted by atomic mass is 10.3. The van der Waals surface area contributed by atoms with Crippen molar-refractivity contribution < 1.29 is 4.79 Å². The molecule has 0 aliphatic rings. The van der Waals surface area contributed by atoms with Gasteiger partial charge in [-0.05, 0) is 22.0 Å². The number of carbonyl (C=O) groups is 1. The summed E-state index contributed by atoms with van der Waals surface area (Å²) in [5, 5.41) is 4.42. The van der Waals surface area contributed by atoms with Crippen LogP contribution in [0.15, 0.2) is 33.8 Å². The monoisotopic (exact) mass is 283 g/mol. The second-order valence-corrected chi connectivity index (χ2v) is 4.97. The fourth-order valence-electron chi connectivity index (χ4n) is 0.981. The van der Waals surface area contributed by atoms with Crippen LogP contribution < -0.4 is 5.32 Å². The molecule has 0 radical (unpaired) electrons. The fraction of sp³-hybridized carbons (Fsp3) is 0. The molecule has 1 amide bonds. The molecule has 2 aromatic heterocycles. The lowest BCUT2D eigenvalue weighted by Crippen LogP contribution is -2.11. The Morgan fingerprint density at radius 1 is 1.47 bits per heavy atom. The van der Waals surface area contributed by atoms with Crippen molar-refractivity contribution in [1.29, 1.82) is 0 Å². The van der Waals surface area contributed by atoms with Crippen LogP contribution in [0.25, 0.3) is 0 Å². The fourth-order valence-corrected chi connectivity index (χ4v) is 2.12. The molecule has 0 unspecified atom stereocenters. The third-order valence-corrected chi connectivity index (χ3v) is 3.14. The van der Waals surface area contributed by atoms with Gasteiger partial charge in [-0.3, -0.25) is 9.78 Å². The van der Waals surface area contributed by atoms with Gasteiger partial charge in [-0.15, -0.1) is 11.3 Å². The number of halogens is 1. The Kier molecular flexibility index (Phi) is 3.08. The Bertz CT molecular complexity index is 471. The molecule has 0 fully saturated rings. The van der Waals surface area contributed by atoms with Gasteiger partial charge in [-0.1, -0.05) is 0 Å². The predicted molar refractivity (Wildman–Crippen MR) is 62.0 cm³/mol. The summed E-state index contributed by atoms with van der Waals surface area (Å²) in [7, 11) is 0. The van der Waals surface area contributed by atoms with Crippen LogP contribution in [0.1, 0.15) is 10.4 Å². The summed E-state index contributed by atoms with van der Waals surface area (Å²) < 4.78 is 0.923. The second kappa shape index (κ2) is 4.50. The summed E-state index contributed by atoms with van der Waals surface area (Å²) in [6.45, 7) is 0. The lowest BCUT2D eigenvalue weighted by molar-refractivity contribution is 0.102. The number of thiophene rings is 1. The number of aromatic nitrogens is 2. The highest BCUT2D eigenvalue weighted by Gasteiger charge is 2.08. The molecule has 0 bridgehead atoms. The summed E-state index contributed by atoms with van der Waals surface area (Å²) in [5.41, 5.74) is 0.609. The molecule has 0 saturated carbocycles. The second-order valence-electron chi connectivity index (χ2n) is 2.68. The van der Waals surface area contributed by atoms with Crippen LogP contribution in [-0.4, -0.2) is 15.9 Å². The maximum atomic E-state index is 11.6. The van der Waals surface area contributed by atoms with Gasteiger partial charge in [-0.2, -0.15) is 0 Å². The van der Waals surface area contributed by atoms with Crippen LogP contribution in [0.4, 0.5) is 5.82 Å². The molecular formula is C9H6BrN3OS. The van der Waals surface area contributed by atoms with E-state index in [-0.39, 0.29) is 5.91 Å². The quantitative estimate of drug-likeness (QED) is 0.922. The minimum atomic E-state index is -0.183. The van der Waals surface area contributed by atoms with Crippen molar-refractivity contribution in [2.45, 2.75) is 0 Å². The highest BCUT2D eigenvalue weighted by atomic mass is 79.9. The maximum Gasteiger partial charge on any atom is 0.257 e. The molecule has 0 atom stereocenters. The lowest BCUT2D eigenvalue weighted by Gasteiger charge is -2.00. The molecule has 0 aliphatic heterocycles. The Balaban J connectivity index is 2.11. The van der Waals surface area contributed by atoms with Crippen LogP contribution in [0.3, 0.4) is 0 Å². The van der Waals surface area contributed by atoms with Crippen molar-refractivity contribution in [3.63, 3.8) is 0 Å². The van der Waals surface area contributed by atoms with E-state index in [1.807, 2.05) is 0 Å². The van der Waals surface area contributed by atoms with Gasteiger partial charge in [0.15, 0.2) is 5.82 Å². The van der Waals surface area contributed by atoms with Crippen LogP contribution in [-0.2, 0) is 0 Å². The van der Waals surface area contributed by atoms with E-state index < -0.39 is 0 Å². The number of nitrogens with zero attached hydrogens (tertiary/aromatic N) is 2. The SMILES string of the molecule is O=C(Nc1cnccn1)c1csc(Br)c1. The first-order valence-corrected chi connectivity index (χ1v) is 5.74. The van der Waals surface area contributed by atoms with Crippen LogP contribution in [0.2, 0.25) is 0 Å². The van der Waals surface area contributed by atoms with Crippen molar-refractivity contribution >= 4 is 39.0 Å². The van der Waals surface area contributed by atoms with E-state index in [0.29, 0.717) is 11.4 Å². The third kappa shape index (κ3) is 2.60. The zero-order valence-electron chi connectivity index (χ0n) is 7.48. The first-order chi connectivity index (χ1) is 7.25. The first kappa shape index (κ1) is 10.3. The number of hydrogen-bond donors (Lipinski definition) is 1. The molecule has 15 heavy (non-hydrogen) atoms. The molecular weight excluding hydrogens is 278 g/mol. The normalized spacial score (nSPS) is 9.93. The van der Waals surface area contributed by atoms with E-state index in [0.717, 1.165) is 3.79 Å². The van der Waals surface area contributed by atoms with E-state index >= 15 is 0 Å². The van der Waals surface area contributed by atoms with Crippen molar-refractivity contribution in [2.24, 2.45) is 0 Å². The number of nitrogens with one attached hydrogen (secondary N) is 1. The average Bonchev–Trinajstić information content (AvgIpc) is 2.66. The molecule has 4 nitrogen and oxygen atoms in total. The Hall–Kier alpha value is -1.27. The van der Waals surface area contributed by atoms with Crippen molar-refractivity contribution in [3.05, 3.63) is 39.4 Å². The molecule has 2 rings (SSSR count). The number of anilines is 1. The molecule has 2 aromatic rings. The molecule has 0 spiro atoms. The third-order valence-electron chi connectivity index (χ3n) is 1.63. The number of hydrogen-bond acceptors (Lipinski definition) is 4. The standard InChI is InChI=1S/C9H6BrN3OS/c10-7-3-6(5-15-7)9(14)13-8-4-11-1-2-12-8/h1-5H,(H,12,13,14). The highest BCUT2D eigenvalue weighted by Crippen LogP contribution is 2.21. The summed E-state index contributed by atoms with van der Waals surface area (Å²) in [4.78, 5) is 19.4. The van der Waals surface area contributed by atoms with Crippen molar-refractivity contribution in [3.8, 4) is 0 Å². The van der Waals surface area contributed by atoms with Gasteiger partial charge in [0.05, 0.1) is 15.5 Å². The largest absolute Gasteiger partial charge is 0.305 e. The Morgan fingerprint density at radius 3 is 2.93 bits per heavy atom. The van der Waals surface area contributed by atoms with Crippen LogP contribution in [0, 0.1) is 0 Å². The summed E-state index contributed by atoms with van der Waals surface area (Å²) >= 11 is 4.76. The summed E-state index contributed by atoms with van der Waals surface area (Å²) in [5.74, 6) is 0.266. The van der Waals surface area contributed by atoms with Crippen molar-refractivity contribution in [2.75, 3.05) is 5.32 Å². The Morgan fingerprint density at radius 2 is 2.33 bits per heavy atom. The van der Waals surface area contributed by atoms with E-state index in [1.165, 1.54) is 23.7 Å². The molecule has 0 saturated heterocycles. The van der Waals surface area contributed by atoms with Gasteiger partial charge in [0.25, 0.3) is 5.91 Å². The van der Waals surface area contributed by atoms with Crippen molar-refractivity contribution in [1.82, 2.24) is 9.97 Å². The zero-order chi connectivity index (χ0) is 10.7. The van der Waals surface area contributed by atoms with E-state index in [1.54, 1.807) is 17.6 Å². The van der Waals surface area contributed by atoms with Gasteiger partial charge < -0.3 is 5.32 Å². The number of amides is 1. The predicted octanol–water partition coefficient (Wildman–Crippen LogP) is 2.55. The van der Waals surface area contributed by atoms with Crippen LogP contribution in [0.5, 0.6) is 0 Å². The molecule has 0 aromatic carbocycles. The summed E-state index contributed by atoms with van der Waals surface area (Å²) in [6, 6.07) is 1.76. The van der Waals surface area contributed by atoms with Gasteiger partial charge >= 0.3 is 0 Å². The number of carbonyl (C=O) groups excluding carboxylic acids is 1. The average molecular weight is 284 g/mol. The smallest absolute Gasteiger partial charge is 0.257 e. The zero-order valence-corrected chi connectivity index (χ0v) is 9.88. The first-order valence-electron chi connectivity index (χ1n) is 4.07. The minimum absolute atomic E-state index is 0.183. The maximum absolute atomic E-state index is 11.6. The van der Waals surface area contributed by atoms with Gasteiger partial charge in [0.2, 0.25) is 0 Å². The van der Waals surface area contributed by atoms with E-state index in [2.05, 4.69) is 31.2 Å². The van der Waals surface area contributed by atoms with E-state index in [4.69, 9.17) is 0 Å². The topological polar surface area (TPSA) is 54.9 Å². The highest BCUT2D eigenvalue weighted by molar-refractivity contribution is 9.11. The van der Waals surface area contributed by atoms with Gasteiger partial charge in [0, 0.05) is 17.8 Å². The molecule has 76 valence electrons. The van der Waals surface area contributed by atoms with Gasteiger partial charge in [0.1, 0.15) is 0 Å². The Labute approximate surface area is 98.5 Å². The number of rotatable bonds is 2. The molecule has 0 aliphatic carbocycles.